The van der Waals surface area contributed by atoms with Crippen LogP contribution < -0.4 is 10.5 Å². The lowest BCUT2D eigenvalue weighted by atomic mass is 10.2. The van der Waals surface area contributed by atoms with Gasteiger partial charge in [-0.15, -0.1) is 0 Å². The largest absolute Gasteiger partial charge is 0.487 e. The van der Waals surface area contributed by atoms with E-state index in [0.717, 1.165) is 17.7 Å². The van der Waals surface area contributed by atoms with Gasteiger partial charge in [0.25, 0.3) is 0 Å². The molecule has 0 fully saturated rings. The first-order chi connectivity index (χ1) is 9.67. The Morgan fingerprint density at radius 2 is 2.20 bits per heavy atom. The highest BCUT2D eigenvalue weighted by molar-refractivity contribution is 5.26. The van der Waals surface area contributed by atoms with E-state index >= 15 is 0 Å². The van der Waals surface area contributed by atoms with Gasteiger partial charge in [0.1, 0.15) is 24.1 Å². The van der Waals surface area contributed by atoms with Crippen molar-refractivity contribution < 1.29 is 4.74 Å². The van der Waals surface area contributed by atoms with Gasteiger partial charge >= 0.3 is 0 Å². The van der Waals surface area contributed by atoms with Gasteiger partial charge < -0.3 is 10.5 Å². The van der Waals surface area contributed by atoms with Crippen molar-refractivity contribution in [1.82, 2.24) is 9.97 Å². The van der Waals surface area contributed by atoms with E-state index < -0.39 is 0 Å². The topological polar surface area (TPSA) is 84.8 Å². The van der Waals surface area contributed by atoms with Gasteiger partial charge in [-0.1, -0.05) is 0 Å². The van der Waals surface area contributed by atoms with Crippen molar-refractivity contribution in [3.8, 4) is 11.8 Å². The molecule has 1 unspecified atom stereocenters. The predicted octanol–water partition coefficient (Wildman–Crippen LogP) is 1.82. The molecule has 0 amide bonds. The van der Waals surface area contributed by atoms with Crippen LogP contribution >= 0.6 is 0 Å². The Balaban J connectivity index is 1.95. The van der Waals surface area contributed by atoms with Crippen LogP contribution in [0.3, 0.4) is 0 Å². The van der Waals surface area contributed by atoms with Crippen LogP contribution in [0.1, 0.15) is 23.9 Å². The highest BCUT2D eigenvalue weighted by atomic mass is 16.5. The van der Waals surface area contributed by atoms with Crippen LogP contribution in [0.25, 0.3) is 0 Å². The average Bonchev–Trinajstić information content (AvgIpc) is 2.46. The van der Waals surface area contributed by atoms with Gasteiger partial charge in [-0.2, -0.15) is 5.26 Å². The Labute approximate surface area is 118 Å². The predicted molar refractivity (Wildman–Crippen MR) is 74.9 cm³/mol. The molecule has 5 nitrogen and oxygen atoms in total. The SMILES string of the molecule is CC(N)Cc1ccc(OCc2ccnc(C#N)c2)cn1. The maximum atomic E-state index is 8.78. The van der Waals surface area contributed by atoms with Crippen molar-refractivity contribution in [3.63, 3.8) is 0 Å². The molecule has 0 bridgehead atoms. The lowest BCUT2D eigenvalue weighted by Crippen LogP contribution is -2.18. The van der Waals surface area contributed by atoms with Crippen molar-refractivity contribution in [1.29, 1.82) is 5.26 Å². The number of hydrogen-bond donors (Lipinski definition) is 1. The Morgan fingerprint density at radius 3 is 2.85 bits per heavy atom. The van der Waals surface area contributed by atoms with E-state index in [1.807, 2.05) is 31.2 Å². The smallest absolute Gasteiger partial charge is 0.140 e. The molecule has 0 aliphatic carbocycles. The summed E-state index contributed by atoms with van der Waals surface area (Å²) in [6.45, 7) is 2.33. The highest BCUT2D eigenvalue weighted by Crippen LogP contribution is 2.12. The Hall–Kier alpha value is -2.45. The molecule has 2 rings (SSSR count). The summed E-state index contributed by atoms with van der Waals surface area (Å²) in [5.74, 6) is 0.689. The molecule has 0 aliphatic rings. The van der Waals surface area contributed by atoms with E-state index in [4.69, 9.17) is 15.7 Å². The van der Waals surface area contributed by atoms with Crippen molar-refractivity contribution >= 4 is 0 Å². The fraction of sp³-hybridized carbons (Fsp3) is 0.267. The summed E-state index contributed by atoms with van der Waals surface area (Å²) >= 11 is 0. The molecule has 0 aromatic carbocycles. The normalized spacial score (nSPS) is 11.7. The van der Waals surface area contributed by atoms with Gasteiger partial charge in [-0.25, -0.2) is 4.98 Å². The lowest BCUT2D eigenvalue weighted by molar-refractivity contribution is 0.304. The fourth-order valence-corrected chi connectivity index (χ4v) is 1.74. The first kappa shape index (κ1) is 14.0. The lowest BCUT2D eigenvalue weighted by Gasteiger charge is -2.08. The summed E-state index contributed by atoms with van der Waals surface area (Å²) in [5, 5.41) is 8.78. The number of nitrogens with zero attached hydrogens (tertiary/aromatic N) is 3. The first-order valence-electron chi connectivity index (χ1n) is 6.35. The van der Waals surface area contributed by atoms with Crippen LogP contribution in [0.2, 0.25) is 0 Å². The average molecular weight is 268 g/mol. The molecular formula is C15H16N4O. The van der Waals surface area contributed by atoms with Crippen molar-refractivity contribution in [2.24, 2.45) is 5.73 Å². The first-order valence-corrected chi connectivity index (χ1v) is 6.35. The molecule has 20 heavy (non-hydrogen) atoms. The molecule has 2 aromatic rings. The minimum Gasteiger partial charge on any atom is -0.487 e. The number of rotatable bonds is 5. The van der Waals surface area contributed by atoms with Crippen molar-refractivity contribution in [2.75, 3.05) is 0 Å². The number of nitriles is 1. The Morgan fingerprint density at radius 1 is 1.35 bits per heavy atom. The van der Waals surface area contributed by atoms with Gasteiger partial charge in [0.15, 0.2) is 0 Å². The van der Waals surface area contributed by atoms with Crippen LogP contribution in [0.5, 0.6) is 5.75 Å². The minimum atomic E-state index is 0.0930. The van der Waals surface area contributed by atoms with E-state index in [1.54, 1.807) is 18.5 Å². The molecule has 0 spiro atoms. The fourth-order valence-electron chi connectivity index (χ4n) is 1.74. The molecule has 0 radical (unpaired) electrons. The van der Waals surface area contributed by atoms with Crippen molar-refractivity contribution in [3.05, 3.63) is 53.6 Å². The Bertz CT molecular complexity index is 602. The van der Waals surface area contributed by atoms with E-state index in [2.05, 4.69) is 9.97 Å². The molecule has 1 atom stereocenters. The summed E-state index contributed by atoms with van der Waals surface area (Å²) < 4.78 is 5.62. The molecule has 102 valence electrons. The Kier molecular flexibility index (Phi) is 4.64. The van der Waals surface area contributed by atoms with Crippen LogP contribution in [0.4, 0.5) is 0 Å². The number of pyridine rings is 2. The summed E-state index contributed by atoms with van der Waals surface area (Å²) in [7, 11) is 0. The molecule has 5 heteroatoms. The third-order valence-corrected chi connectivity index (χ3v) is 2.67. The molecule has 2 aromatic heterocycles. The molecule has 0 saturated heterocycles. The summed E-state index contributed by atoms with van der Waals surface area (Å²) in [6, 6.07) is 9.40. The zero-order valence-corrected chi connectivity index (χ0v) is 11.3. The second-order valence-corrected chi connectivity index (χ2v) is 4.62. The van der Waals surface area contributed by atoms with Gasteiger partial charge in [0.2, 0.25) is 0 Å². The standard InChI is InChI=1S/C15H16N4O/c1-11(17)6-13-2-3-15(9-19-13)20-10-12-4-5-18-14(7-12)8-16/h2-5,7,9,11H,6,10,17H2,1H3. The summed E-state index contributed by atoms with van der Waals surface area (Å²) in [6.07, 6.45) is 4.03. The van der Waals surface area contributed by atoms with Crippen LogP contribution in [-0.2, 0) is 13.0 Å². The van der Waals surface area contributed by atoms with Gasteiger partial charge in [0.05, 0.1) is 6.20 Å². The van der Waals surface area contributed by atoms with Crippen LogP contribution in [-0.4, -0.2) is 16.0 Å². The van der Waals surface area contributed by atoms with Gasteiger partial charge in [-0.3, -0.25) is 4.98 Å². The molecule has 2 heterocycles. The van der Waals surface area contributed by atoms with Gasteiger partial charge in [-0.05, 0) is 36.8 Å². The minimum absolute atomic E-state index is 0.0930. The third-order valence-electron chi connectivity index (χ3n) is 2.67. The molecular weight excluding hydrogens is 252 g/mol. The van der Waals surface area contributed by atoms with E-state index in [1.165, 1.54) is 0 Å². The third kappa shape index (κ3) is 4.04. The maximum absolute atomic E-state index is 8.78. The highest BCUT2D eigenvalue weighted by Gasteiger charge is 2.02. The van der Waals surface area contributed by atoms with Gasteiger partial charge in [0, 0.05) is 24.4 Å². The number of hydrogen-bond acceptors (Lipinski definition) is 5. The maximum Gasteiger partial charge on any atom is 0.140 e. The second-order valence-electron chi connectivity index (χ2n) is 4.62. The van der Waals surface area contributed by atoms with Crippen LogP contribution in [0, 0.1) is 11.3 Å². The number of ether oxygens (including phenoxy) is 1. The van der Waals surface area contributed by atoms with E-state index in [-0.39, 0.29) is 6.04 Å². The quantitative estimate of drug-likeness (QED) is 0.894. The monoisotopic (exact) mass is 268 g/mol. The molecule has 0 aliphatic heterocycles. The second kappa shape index (κ2) is 6.64. The zero-order valence-electron chi connectivity index (χ0n) is 11.3. The van der Waals surface area contributed by atoms with Crippen LogP contribution in [0.15, 0.2) is 36.7 Å². The van der Waals surface area contributed by atoms with E-state index in [0.29, 0.717) is 18.1 Å². The molecule has 0 saturated carbocycles. The summed E-state index contributed by atoms with van der Waals surface area (Å²) in [4.78, 5) is 8.21. The number of aromatic nitrogens is 2. The van der Waals surface area contributed by atoms with E-state index in [9.17, 15) is 0 Å². The summed E-state index contributed by atoms with van der Waals surface area (Å²) in [5.41, 5.74) is 7.95. The number of nitrogens with two attached hydrogens (primary N) is 1. The zero-order chi connectivity index (χ0) is 14.4. The van der Waals surface area contributed by atoms with Crippen molar-refractivity contribution in [2.45, 2.75) is 26.0 Å². The molecule has 2 N–H and O–H groups in total.